The van der Waals surface area contributed by atoms with Crippen molar-refractivity contribution in [1.82, 2.24) is 5.32 Å². The summed E-state index contributed by atoms with van der Waals surface area (Å²) in [6, 6.07) is 12.2. The fourth-order valence-electron chi connectivity index (χ4n) is 2.02. The summed E-state index contributed by atoms with van der Waals surface area (Å²) >= 11 is 0. The van der Waals surface area contributed by atoms with Crippen LogP contribution in [-0.4, -0.2) is 13.7 Å². The van der Waals surface area contributed by atoms with Gasteiger partial charge in [-0.25, -0.2) is 0 Å². The van der Waals surface area contributed by atoms with Crippen molar-refractivity contribution in [2.24, 2.45) is 0 Å². The molecule has 106 valence electrons. The van der Waals surface area contributed by atoms with Gasteiger partial charge in [-0.3, -0.25) is 0 Å². The molecule has 1 aromatic heterocycles. The zero-order valence-corrected chi connectivity index (χ0v) is 12.2. The SMILES string of the molecule is COc1ccccc1/C=C/CNC(C)c1ccc(C)o1. The Labute approximate surface area is 120 Å². The molecule has 1 heterocycles. The number of ether oxygens (including phenoxy) is 1. The van der Waals surface area contributed by atoms with Crippen LogP contribution in [-0.2, 0) is 0 Å². The van der Waals surface area contributed by atoms with Crippen molar-refractivity contribution < 1.29 is 9.15 Å². The molecule has 0 aliphatic heterocycles. The zero-order valence-electron chi connectivity index (χ0n) is 12.2. The summed E-state index contributed by atoms with van der Waals surface area (Å²) in [4.78, 5) is 0. The lowest BCUT2D eigenvalue weighted by Crippen LogP contribution is -2.17. The van der Waals surface area contributed by atoms with E-state index in [0.717, 1.165) is 29.4 Å². The predicted molar refractivity (Wildman–Crippen MR) is 81.9 cm³/mol. The molecule has 0 saturated heterocycles. The van der Waals surface area contributed by atoms with E-state index in [-0.39, 0.29) is 6.04 Å². The average molecular weight is 271 g/mol. The Balaban J connectivity index is 1.87. The molecule has 0 spiro atoms. The molecule has 2 rings (SSSR count). The van der Waals surface area contributed by atoms with E-state index in [1.807, 2.05) is 43.3 Å². The quantitative estimate of drug-likeness (QED) is 0.863. The van der Waals surface area contributed by atoms with Crippen LogP contribution < -0.4 is 10.1 Å². The molecule has 20 heavy (non-hydrogen) atoms. The van der Waals surface area contributed by atoms with Crippen molar-refractivity contribution in [2.45, 2.75) is 19.9 Å². The number of methoxy groups -OCH3 is 1. The van der Waals surface area contributed by atoms with Gasteiger partial charge in [0.05, 0.1) is 13.2 Å². The topological polar surface area (TPSA) is 34.4 Å². The van der Waals surface area contributed by atoms with E-state index in [0.29, 0.717) is 0 Å². The molecule has 0 bridgehead atoms. The lowest BCUT2D eigenvalue weighted by molar-refractivity contribution is 0.414. The standard InChI is InChI=1S/C17H21NO2/c1-13-10-11-16(20-13)14(2)18-12-6-8-15-7-4-5-9-17(15)19-3/h4-11,14,18H,12H2,1-3H3/b8-6+. The Morgan fingerprint density at radius 2 is 2.05 bits per heavy atom. The van der Waals surface area contributed by atoms with E-state index in [1.165, 1.54) is 0 Å². The van der Waals surface area contributed by atoms with Crippen LogP contribution in [0.1, 0.15) is 30.0 Å². The molecule has 2 aromatic rings. The van der Waals surface area contributed by atoms with E-state index >= 15 is 0 Å². The van der Waals surface area contributed by atoms with Crippen molar-refractivity contribution in [3.63, 3.8) is 0 Å². The van der Waals surface area contributed by atoms with Gasteiger partial charge in [-0.15, -0.1) is 0 Å². The van der Waals surface area contributed by atoms with E-state index in [4.69, 9.17) is 9.15 Å². The number of benzene rings is 1. The monoisotopic (exact) mass is 271 g/mol. The highest BCUT2D eigenvalue weighted by Gasteiger charge is 2.07. The maximum atomic E-state index is 5.59. The first kappa shape index (κ1) is 14.4. The highest BCUT2D eigenvalue weighted by atomic mass is 16.5. The fourth-order valence-corrected chi connectivity index (χ4v) is 2.02. The summed E-state index contributed by atoms with van der Waals surface area (Å²) in [7, 11) is 1.69. The molecule has 3 nitrogen and oxygen atoms in total. The van der Waals surface area contributed by atoms with Crippen molar-refractivity contribution in [3.8, 4) is 5.75 Å². The summed E-state index contributed by atoms with van der Waals surface area (Å²) < 4.78 is 10.9. The first-order valence-electron chi connectivity index (χ1n) is 6.80. The lowest BCUT2D eigenvalue weighted by Gasteiger charge is -2.09. The zero-order chi connectivity index (χ0) is 14.4. The molecule has 1 unspecified atom stereocenters. The second kappa shape index (κ2) is 6.96. The van der Waals surface area contributed by atoms with E-state index in [2.05, 4.69) is 24.4 Å². The second-order valence-electron chi connectivity index (χ2n) is 4.72. The molecule has 0 aliphatic rings. The van der Waals surface area contributed by atoms with Crippen LogP contribution in [0.2, 0.25) is 0 Å². The number of nitrogens with one attached hydrogen (secondary N) is 1. The summed E-state index contributed by atoms with van der Waals surface area (Å²) in [6.07, 6.45) is 4.15. The van der Waals surface area contributed by atoms with Crippen LogP contribution in [0.15, 0.2) is 46.9 Å². The second-order valence-corrected chi connectivity index (χ2v) is 4.72. The normalized spacial score (nSPS) is 12.8. The number of aryl methyl sites for hydroxylation is 1. The molecule has 3 heteroatoms. The molecule has 1 atom stereocenters. The van der Waals surface area contributed by atoms with Gasteiger partial charge in [-0.2, -0.15) is 0 Å². The van der Waals surface area contributed by atoms with Gasteiger partial charge in [0.15, 0.2) is 0 Å². The Hall–Kier alpha value is -2.00. The Bertz CT molecular complexity index is 572. The maximum absolute atomic E-state index is 5.59. The smallest absolute Gasteiger partial charge is 0.126 e. The third kappa shape index (κ3) is 3.75. The minimum absolute atomic E-state index is 0.200. The van der Waals surface area contributed by atoms with Gasteiger partial charge in [0.1, 0.15) is 17.3 Å². The molecular formula is C17H21NO2. The fraction of sp³-hybridized carbons (Fsp3) is 0.294. The summed E-state index contributed by atoms with van der Waals surface area (Å²) in [5.41, 5.74) is 1.08. The first-order valence-corrected chi connectivity index (χ1v) is 6.80. The van der Waals surface area contributed by atoms with Crippen LogP contribution in [0.4, 0.5) is 0 Å². The van der Waals surface area contributed by atoms with Gasteiger partial charge in [-0.1, -0.05) is 30.4 Å². The lowest BCUT2D eigenvalue weighted by atomic mass is 10.2. The van der Waals surface area contributed by atoms with Crippen LogP contribution in [0, 0.1) is 6.92 Å². The van der Waals surface area contributed by atoms with Gasteiger partial charge >= 0.3 is 0 Å². The molecular weight excluding hydrogens is 250 g/mol. The molecule has 0 aliphatic carbocycles. The highest BCUT2D eigenvalue weighted by Crippen LogP contribution is 2.19. The van der Waals surface area contributed by atoms with Gasteiger partial charge in [-0.05, 0) is 32.0 Å². The number of hydrogen-bond acceptors (Lipinski definition) is 3. The minimum Gasteiger partial charge on any atom is -0.496 e. The average Bonchev–Trinajstić information content (AvgIpc) is 2.90. The highest BCUT2D eigenvalue weighted by molar-refractivity contribution is 5.57. The molecule has 1 aromatic carbocycles. The largest absolute Gasteiger partial charge is 0.496 e. The minimum atomic E-state index is 0.200. The molecule has 0 amide bonds. The van der Waals surface area contributed by atoms with E-state index in [1.54, 1.807) is 7.11 Å². The Kier molecular flexibility index (Phi) is 5.02. The van der Waals surface area contributed by atoms with Gasteiger partial charge in [0.25, 0.3) is 0 Å². The first-order chi connectivity index (χ1) is 9.70. The van der Waals surface area contributed by atoms with Crippen LogP contribution >= 0.6 is 0 Å². The molecule has 0 fully saturated rings. The van der Waals surface area contributed by atoms with Crippen molar-refractivity contribution in [3.05, 3.63) is 59.6 Å². The van der Waals surface area contributed by atoms with Gasteiger partial charge < -0.3 is 14.5 Å². The number of rotatable bonds is 6. The summed E-state index contributed by atoms with van der Waals surface area (Å²) in [5.74, 6) is 2.80. The number of para-hydroxylation sites is 1. The van der Waals surface area contributed by atoms with E-state index in [9.17, 15) is 0 Å². The molecule has 0 radical (unpaired) electrons. The van der Waals surface area contributed by atoms with Crippen molar-refractivity contribution in [2.75, 3.05) is 13.7 Å². The predicted octanol–water partition coefficient (Wildman–Crippen LogP) is 3.96. The van der Waals surface area contributed by atoms with Crippen LogP contribution in [0.25, 0.3) is 6.08 Å². The van der Waals surface area contributed by atoms with Gasteiger partial charge in [0, 0.05) is 12.1 Å². The van der Waals surface area contributed by atoms with Gasteiger partial charge in [0.2, 0.25) is 0 Å². The van der Waals surface area contributed by atoms with E-state index < -0.39 is 0 Å². The number of hydrogen-bond donors (Lipinski definition) is 1. The molecule has 1 N–H and O–H groups in total. The summed E-state index contributed by atoms with van der Waals surface area (Å²) in [6.45, 7) is 4.83. The number of furan rings is 1. The maximum Gasteiger partial charge on any atom is 0.126 e. The van der Waals surface area contributed by atoms with Crippen molar-refractivity contribution in [1.29, 1.82) is 0 Å². The van der Waals surface area contributed by atoms with Crippen LogP contribution in [0.5, 0.6) is 5.75 Å². The Morgan fingerprint density at radius 3 is 2.75 bits per heavy atom. The third-order valence-electron chi connectivity index (χ3n) is 3.17. The Morgan fingerprint density at radius 1 is 1.25 bits per heavy atom. The summed E-state index contributed by atoms with van der Waals surface area (Å²) in [5, 5.41) is 3.40. The molecule has 0 saturated carbocycles. The third-order valence-corrected chi connectivity index (χ3v) is 3.17. The van der Waals surface area contributed by atoms with Crippen LogP contribution in [0.3, 0.4) is 0 Å². The van der Waals surface area contributed by atoms with Crippen molar-refractivity contribution >= 4 is 6.08 Å².